The van der Waals surface area contributed by atoms with Gasteiger partial charge in [-0.1, -0.05) is 25.5 Å². The number of esters is 2. The molecule has 0 bridgehead atoms. The molecule has 2 saturated heterocycles. The average molecular weight is 417 g/mol. The number of carbonyl (C=O) groups is 2. The van der Waals surface area contributed by atoms with Crippen molar-refractivity contribution in [1.82, 2.24) is 0 Å². The van der Waals surface area contributed by atoms with Crippen molar-refractivity contribution >= 4 is 11.9 Å². The minimum atomic E-state index is -1.56. The van der Waals surface area contributed by atoms with Crippen molar-refractivity contribution in [3.8, 4) is 0 Å². The third-order valence-electron chi connectivity index (χ3n) is 7.36. The summed E-state index contributed by atoms with van der Waals surface area (Å²) >= 11 is 0. The molecule has 0 amide bonds. The molecule has 2 fully saturated rings. The Balaban J connectivity index is 1.81. The SMILES string of the molecule is C/C1=C\C[C@@H]2C(C(C)C)=CC(=O)O[C@@]2(C)CC/C(C)=C2/OC(=O)[C@H]3[C@@H]2[C@H]1O[C@@]3(C)O. The maximum atomic E-state index is 12.6. The summed E-state index contributed by atoms with van der Waals surface area (Å²) in [7, 11) is 0. The van der Waals surface area contributed by atoms with Crippen molar-refractivity contribution in [3.63, 3.8) is 0 Å². The number of carbonyl (C=O) groups excluding carboxylic acids is 2. The summed E-state index contributed by atoms with van der Waals surface area (Å²) < 4.78 is 17.6. The molecule has 0 unspecified atom stereocenters. The Morgan fingerprint density at radius 2 is 1.90 bits per heavy atom. The van der Waals surface area contributed by atoms with Gasteiger partial charge in [0.1, 0.15) is 17.3 Å². The molecule has 164 valence electrons. The third kappa shape index (κ3) is 3.25. The van der Waals surface area contributed by atoms with Gasteiger partial charge < -0.3 is 19.3 Å². The molecule has 0 aromatic carbocycles. The van der Waals surface area contributed by atoms with Crippen molar-refractivity contribution in [2.45, 2.75) is 78.3 Å². The molecule has 3 heterocycles. The first-order valence-electron chi connectivity index (χ1n) is 10.9. The zero-order chi connectivity index (χ0) is 22.0. The number of ether oxygens (including phenoxy) is 3. The van der Waals surface area contributed by atoms with E-state index in [2.05, 4.69) is 19.9 Å². The van der Waals surface area contributed by atoms with Crippen LogP contribution in [0.3, 0.4) is 0 Å². The maximum absolute atomic E-state index is 12.6. The van der Waals surface area contributed by atoms with Gasteiger partial charge in [-0.3, -0.25) is 4.79 Å². The average Bonchev–Trinajstić information content (AvgIpc) is 3.13. The van der Waals surface area contributed by atoms with E-state index in [0.717, 1.165) is 16.7 Å². The van der Waals surface area contributed by atoms with Crippen molar-refractivity contribution in [3.05, 3.63) is 34.6 Å². The highest BCUT2D eigenvalue weighted by Crippen LogP contribution is 2.52. The molecule has 30 heavy (non-hydrogen) atoms. The number of fused-ring (bicyclic) bond motifs is 1. The second kappa shape index (κ2) is 7.06. The van der Waals surface area contributed by atoms with Crippen molar-refractivity contribution in [1.29, 1.82) is 0 Å². The zero-order valence-corrected chi connectivity index (χ0v) is 18.7. The van der Waals surface area contributed by atoms with E-state index < -0.39 is 29.4 Å². The van der Waals surface area contributed by atoms with E-state index in [9.17, 15) is 14.7 Å². The molecular formula is C24H32O6. The molecule has 6 nitrogen and oxygen atoms in total. The van der Waals surface area contributed by atoms with Gasteiger partial charge in [0.2, 0.25) is 0 Å². The Labute approximate surface area is 177 Å². The summed E-state index contributed by atoms with van der Waals surface area (Å²) in [6.45, 7) is 11.7. The summed E-state index contributed by atoms with van der Waals surface area (Å²) in [4.78, 5) is 25.0. The molecule has 0 radical (unpaired) electrons. The molecule has 1 N–H and O–H groups in total. The molecular weight excluding hydrogens is 384 g/mol. The van der Waals surface area contributed by atoms with Crippen LogP contribution < -0.4 is 0 Å². The Bertz CT molecular complexity index is 876. The van der Waals surface area contributed by atoms with Crippen molar-refractivity contribution in [2.24, 2.45) is 23.7 Å². The van der Waals surface area contributed by atoms with E-state index in [1.54, 1.807) is 13.0 Å². The van der Waals surface area contributed by atoms with Gasteiger partial charge >= 0.3 is 11.9 Å². The molecule has 0 aromatic heterocycles. The van der Waals surface area contributed by atoms with E-state index in [0.29, 0.717) is 25.0 Å². The fourth-order valence-electron chi connectivity index (χ4n) is 5.63. The molecule has 3 aliphatic heterocycles. The number of rotatable bonds is 1. The summed E-state index contributed by atoms with van der Waals surface area (Å²) in [6.07, 6.45) is 5.29. The van der Waals surface area contributed by atoms with Crippen LogP contribution in [0.1, 0.15) is 60.8 Å². The van der Waals surface area contributed by atoms with Crippen LogP contribution in [0, 0.1) is 23.7 Å². The van der Waals surface area contributed by atoms with E-state index in [1.165, 1.54) is 0 Å². The minimum absolute atomic E-state index is 0.0566. The largest absolute Gasteiger partial charge is 0.456 e. The smallest absolute Gasteiger partial charge is 0.331 e. The van der Waals surface area contributed by atoms with Crippen LogP contribution in [0.25, 0.3) is 0 Å². The van der Waals surface area contributed by atoms with Gasteiger partial charge in [-0.2, -0.15) is 0 Å². The summed E-state index contributed by atoms with van der Waals surface area (Å²) in [5.74, 6) is -2.48. The van der Waals surface area contributed by atoms with Crippen LogP contribution in [0.5, 0.6) is 0 Å². The lowest BCUT2D eigenvalue weighted by molar-refractivity contribution is -0.201. The molecule has 6 heteroatoms. The van der Waals surface area contributed by atoms with Crippen LogP contribution in [0.2, 0.25) is 0 Å². The van der Waals surface area contributed by atoms with Gasteiger partial charge in [0, 0.05) is 12.0 Å². The predicted molar refractivity (Wildman–Crippen MR) is 110 cm³/mol. The van der Waals surface area contributed by atoms with Crippen LogP contribution >= 0.6 is 0 Å². The maximum Gasteiger partial charge on any atom is 0.331 e. The molecule has 0 saturated carbocycles. The Hall–Kier alpha value is -1.92. The van der Waals surface area contributed by atoms with E-state index >= 15 is 0 Å². The van der Waals surface area contributed by atoms with Crippen LogP contribution in [0.4, 0.5) is 0 Å². The summed E-state index contributed by atoms with van der Waals surface area (Å²) in [5, 5.41) is 10.8. The van der Waals surface area contributed by atoms with Crippen LogP contribution in [-0.4, -0.2) is 34.5 Å². The Morgan fingerprint density at radius 3 is 2.57 bits per heavy atom. The van der Waals surface area contributed by atoms with Gasteiger partial charge in [-0.25, -0.2) is 4.79 Å². The van der Waals surface area contributed by atoms with Gasteiger partial charge in [0.15, 0.2) is 5.79 Å². The first kappa shape index (κ1) is 21.3. The Morgan fingerprint density at radius 1 is 1.20 bits per heavy atom. The number of aliphatic hydroxyl groups is 1. The van der Waals surface area contributed by atoms with Gasteiger partial charge in [-0.15, -0.1) is 0 Å². The molecule has 4 rings (SSSR count). The van der Waals surface area contributed by atoms with E-state index in [-0.39, 0.29) is 23.7 Å². The molecule has 1 aliphatic carbocycles. The second-order valence-corrected chi connectivity index (χ2v) is 9.93. The van der Waals surface area contributed by atoms with Gasteiger partial charge in [0.25, 0.3) is 0 Å². The highest BCUT2D eigenvalue weighted by Gasteiger charge is 2.62. The lowest BCUT2D eigenvalue weighted by atomic mass is 9.72. The zero-order valence-electron chi connectivity index (χ0n) is 18.7. The van der Waals surface area contributed by atoms with Crippen LogP contribution in [-0.2, 0) is 23.8 Å². The normalized spacial score (nSPS) is 45.6. The fraction of sp³-hybridized carbons (Fsp3) is 0.667. The first-order chi connectivity index (χ1) is 13.9. The number of allylic oxidation sites excluding steroid dienone is 2. The van der Waals surface area contributed by atoms with Crippen molar-refractivity contribution in [2.75, 3.05) is 0 Å². The number of hydrogen-bond donors (Lipinski definition) is 1. The van der Waals surface area contributed by atoms with Crippen molar-refractivity contribution < 1.29 is 28.9 Å². The monoisotopic (exact) mass is 416 g/mol. The highest BCUT2D eigenvalue weighted by molar-refractivity contribution is 5.84. The molecule has 0 aromatic rings. The topological polar surface area (TPSA) is 82.1 Å². The third-order valence-corrected chi connectivity index (χ3v) is 7.36. The van der Waals surface area contributed by atoms with Crippen LogP contribution in [0.15, 0.2) is 34.6 Å². The molecule has 6 atom stereocenters. The predicted octanol–water partition coefficient (Wildman–Crippen LogP) is 3.80. The second-order valence-electron chi connectivity index (χ2n) is 9.93. The lowest BCUT2D eigenvalue weighted by Crippen LogP contribution is -2.44. The van der Waals surface area contributed by atoms with Gasteiger partial charge in [-0.05, 0) is 64.0 Å². The quantitative estimate of drug-likeness (QED) is 0.517. The summed E-state index contributed by atoms with van der Waals surface area (Å²) in [6, 6.07) is 0. The highest BCUT2D eigenvalue weighted by atomic mass is 16.6. The van der Waals surface area contributed by atoms with E-state index in [4.69, 9.17) is 14.2 Å². The summed E-state index contributed by atoms with van der Waals surface area (Å²) in [5.41, 5.74) is 2.35. The molecule has 4 aliphatic rings. The minimum Gasteiger partial charge on any atom is -0.456 e. The fourth-order valence-corrected chi connectivity index (χ4v) is 5.63. The lowest BCUT2D eigenvalue weighted by Gasteiger charge is -2.42. The molecule has 0 spiro atoms. The van der Waals surface area contributed by atoms with E-state index in [1.807, 2.05) is 20.8 Å². The first-order valence-corrected chi connectivity index (χ1v) is 10.9. The number of hydrogen-bond acceptors (Lipinski definition) is 6. The van der Waals surface area contributed by atoms with Gasteiger partial charge in [0.05, 0.1) is 12.0 Å². The standard InChI is InChI=1S/C24H32O6/c1-12(2)15-11-17(25)29-23(5)10-9-14(4)20-18-19(22(26)28-20)24(6,27)30-21(18)13(3)7-8-16(15)23/h7,11-12,16,18-19,21,27H,8-10H2,1-6H3/b13-7+,20-14+/t16-,18+,19-,21+,23+,24-/m1/s1. The Kier molecular flexibility index (Phi) is 5.02.